The molecule has 0 aliphatic carbocycles. The molecule has 0 saturated carbocycles. The molecule has 0 heterocycles. The maximum absolute atomic E-state index is 13.4. The fourth-order valence-electron chi connectivity index (χ4n) is 2.05. The molecule has 7 heteroatoms. The van der Waals surface area contributed by atoms with Crippen molar-refractivity contribution in [3.05, 3.63) is 53.6 Å². The molecule has 0 aromatic heterocycles. The summed E-state index contributed by atoms with van der Waals surface area (Å²) in [5.41, 5.74) is 1.92. The number of benzene rings is 2. The molecule has 2 aromatic rings. The first-order valence-corrected chi connectivity index (χ1v) is 7.67. The zero-order valence-corrected chi connectivity index (χ0v) is 13.9. The molecular formula is C18H18F2N2O3. The average molecular weight is 348 g/mol. The van der Waals surface area contributed by atoms with E-state index in [0.717, 1.165) is 17.7 Å². The molecule has 0 aliphatic rings. The number of hydrogen-bond donors (Lipinski definition) is 2. The van der Waals surface area contributed by atoms with Crippen molar-refractivity contribution < 1.29 is 23.1 Å². The van der Waals surface area contributed by atoms with Crippen LogP contribution in [0.3, 0.4) is 0 Å². The Bertz CT molecular complexity index is 794. The molecule has 0 spiro atoms. The Hall–Kier alpha value is -2.96. The first-order valence-electron chi connectivity index (χ1n) is 7.67. The van der Waals surface area contributed by atoms with E-state index in [4.69, 9.17) is 4.74 Å². The number of carbonyl (C=O) groups excluding carboxylic acids is 2. The van der Waals surface area contributed by atoms with E-state index < -0.39 is 24.1 Å². The van der Waals surface area contributed by atoms with Crippen LogP contribution >= 0.6 is 0 Å². The number of aryl methyl sites for hydroxylation is 1. The standard InChI is InChI=1S/C18H18F2N2O3/c1-3-17(23)21-13-5-6-15(11(2)8-13)22-18(24)10-25-16-7-4-12(19)9-14(16)20/h4-9H,3,10H2,1-2H3,(H,21,23)(H,22,24). The van der Waals surface area contributed by atoms with Crippen molar-refractivity contribution in [3.8, 4) is 5.75 Å². The van der Waals surface area contributed by atoms with Crippen molar-refractivity contribution in [3.63, 3.8) is 0 Å². The fourth-order valence-corrected chi connectivity index (χ4v) is 2.05. The summed E-state index contributed by atoms with van der Waals surface area (Å²) in [7, 11) is 0. The van der Waals surface area contributed by atoms with Gasteiger partial charge in [0, 0.05) is 23.9 Å². The van der Waals surface area contributed by atoms with Gasteiger partial charge in [0.1, 0.15) is 5.82 Å². The Labute approximate surface area is 144 Å². The van der Waals surface area contributed by atoms with Crippen molar-refractivity contribution >= 4 is 23.2 Å². The zero-order valence-electron chi connectivity index (χ0n) is 13.9. The summed E-state index contributed by atoms with van der Waals surface area (Å²) in [6, 6.07) is 7.89. The van der Waals surface area contributed by atoms with Crippen LogP contribution in [-0.2, 0) is 9.59 Å². The van der Waals surface area contributed by atoms with Gasteiger partial charge in [-0.1, -0.05) is 6.92 Å². The number of anilines is 2. The third-order valence-corrected chi connectivity index (χ3v) is 3.36. The molecular weight excluding hydrogens is 330 g/mol. The molecule has 0 saturated heterocycles. The molecule has 0 fully saturated rings. The molecule has 0 atom stereocenters. The molecule has 5 nitrogen and oxygen atoms in total. The first kappa shape index (κ1) is 18.4. The van der Waals surface area contributed by atoms with Gasteiger partial charge >= 0.3 is 0 Å². The van der Waals surface area contributed by atoms with Crippen molar-refractivity contribution in [1.29, 1.82) is 0 Å². The molecule has 2 N–H and O–H groups in total. The van der Waals surface area contributed by atoms with Crippen molar-refractivity contribution in [2.45, 2.75) is 20.3 Å². The smallest absolute Gasteiger partial charge is 0.262 e. The molecule has 2 amide bonds. The van der Waals surface area contributed by atoms with Gasteiger partial charge < -0.3 is 15.4 Å². The lowest BCUT2D eigenvalue weighted by Gasteiger charge is -2.12. The Morgan fingerprint density at radius 2 is 1.80 bits per heavy atom. The summed E-state index contributed by atoms with van der Waals surface area (Å²) < 4.78 is 31.3. The highest BCUT2D eigenvalue weighted by Crippen LogP contribution is 2.21. The van der Waals surface area contributed by atoms with Crippen LogP contribution < -0.4 is 15.4 Å². The van der Waals surface area contributed by atoms with Gasteiger partial charge in [0.25, 0.3) is 5.91 Å². The third-order valence-electron chi connectivity index (χ3n) is 3.36. The predicted molar refractivity (Wildman–Crippen MR) is 90.6 cm³/mol. The third kappa shape index (κ3) is 5.27. The number of amides is 2. The van der Waals surface area contributed by atoms with E-state index in [1.54, 1.807) is 32.0 Å². The maximum atomic E-state index is 13.4. The summed E-state index contributed by atoms with van der Waals surface area (Å²) in [4.78, 5) is 23.3. The number of hydrogen-bond acceptors (Lipinski definition) is 3. The zero-order chi connectivity index (χ0) is 18.4. The highest BCUT2D eigenvalue weighted by molar-refractivity contribution is 5.94. The summed E-state index contributed by atoms with van der Waals surface area (Å²) in [5, 5.41) is 5.35. The van der Waals surface area contributed by atoms with Crippen LogP contribution in [0.5, 0.6) is 5.75 Å². The predicted octanol–water partition coefficient (Wildman–Crippen LogP) is 3.64. The van der Waals surface area contributed by atoms with E-state index in [0.29, 0.717) is 23.9 Å². The Kier molecular flexibility index (Phi) is 6.05. The number of nitrogens with one attached hydrogen (secondary N) is 2. The molecule has 25 heavy (non-hydrogen) atoms. The molecule has 2 rings (SSSR count). The highest BCUT2D eigenvalue weighted by atomic mass is 19.1. The SMILES string of the molecule is CCC(=O)Nc1ccc(NC(=O)COc2ccc(F)cc2F)c(C)c1. The Morgan fingerprint density at radius 3 is 2.44 bits per heavy atom. The molecule has 0 bridgehead atoms. The minimum Gasteiger partial charge on any atom is -0.481 e. The molecule has 0 aliphatic heterocycles. The minimum atomic E-state index is -0.875. The van der Waals surface area contributed by atoms with Crippen LogP contribution in [0.25, 0.3) is 0 Å². The van der Waals surface area contributed by atoms with Gasteiger partial charge in [0.15, 0.2) is 18.2 Å². The maximum Gasteiger partial charge on any atom is 0.262 e. The number of rotatable bonds is 6. The second kappa shape index (κ2) is 8.23. The van der Waals surface area contributed by atoms with E-state index in [2.05, 4.69) is 10.6 Å². The average Bonchev–Trinajstić information content (AvgIpc) is 2.56. The normalized spacial score (nSPS) is 10.2. The summed E-state index contributed by atoms with van der Waals surface area (Å²) in [5.74, 6) is -2.39. The largest absolute Gasteiger partial charge is 0.481 e. The van der Waals surface area contributed by atoms with Crippen molar-refractivity contribution in [2.75, 3.05) is 17.2 Å². The molecule has 0 unspecified atom stereocenters. The lowest BCUT2D eigenvalue weighted by Crippen LogP contribution is -2.21. The van der Waals surface area contributed by atoms with E-state index >= 15 is 0 Å². The van der Waals surface area contributed by atoms with Crippen molar-refractivity contribution in [2.24, 2.45) is 0 Å². The molecule has 132 valence electrons. The van der Waals surface area contributed by atoms with Gasteiger partial charge in [-0.05, 0) is 42.8 Å². The van der Waals surface area contributed by atoms with Gasteiger partial charge in [-0.25, -0.2) is 8.78 Å². The van der Waals surface area contributed by atoms with E-state index in [-0.39, 0.29) is 11.7 Å². The topological polar surface area (TPSA) is 67.4 Å². The fraction of sp³-hybridized carbons (Fsp3) is 0.222. The Morgan fingerprint density at radius 1 is 1.04 bits per heavy atom. The van der Waals surface area contributed by atoms with E-state index in [9.17, 15) is 18.4 Å². The van der Waals surface area contributed by atoms with Crippen LogP contribution in [0.2, 0.25) is 0 Å². The summed E-state index contributed by atoms with van der Waals surface area (Å²) >= 11 is 0. The first-order chi connectivity index (χ1) is 11.9. The Balaban J connectivity index is 1.94. The summed E-state index contributed by atoms with van der Waals surface area (Å²) in [6.45, 7) is 3.11. The van der Waals surface area contributed by atoms with Crippen LogP contribution in [0, 0.1) is 18.6 Å². The highest BCUT2D eigenvalue weighted by Gasteiger charge is 2.10. The van der Waals surface area contributed by atoms with E-state index in [1.165, 1.54) is 0 Å². The van der Waals surface area contributed by atoms with Crippen LogP contribution in [-0.4, -0.2) is 18.4 Å². The number of carbonyl (C=O) groups is 2. The quantitative estimate of drug-likeness (QED) is 0.837. The lowest BCUT2D eigenvalue weighted by atomic mass is 10.1. The van der Waals surface area contributed by atoms with Gasteiger partial charge in [0.05, 0.1) is 0 Å². The van der Waals surface area contributed by atoms with Gasteiger partial charge in [-0.3, -0.25) is 9.59 Å². The van der Waals surface area contributed by atoms with Crippen molar-refractivity contribution in [1.82, 2.24) is 0 Å². The monoisotopic (exact) mass is 348 g/mol. The molecule has 0 radical (unpaired) electrons. The minimum absolute atomic E-state index is 0.106. The summed E-state index contributed by atoms with van der Waals surface area (Å²) in [6.07, 6.45) is 0.370. The second-order valence-electron chi connectivity index (χ2n) is 5.34. The second-order valence-corrected chi connectivity index (χ2v) is 5.34. The van der Waals surface area contributed by atoms with Crippen LogP contribution in [0.15, 0.2) is 36.4 Å². The van der Waals surface area contributed by atoms with Gasteiger partial charge in [-0.15, -0.1) is 0 Å². The van der Waals surface area contributed by atoms with Crippen LogP contribution in [0.4, 0.5) is 20.2 Å². The molecule has 2 aromatic carbocycles. The van der Waals surface area contributed by atoms with Gasteiger partial charge in [-0.2, -0.15) is 0 Å². The van der Waals surface area contributed by atoms with Gasteiger partial charge in [0.2, 0.25) is 5.91 Å². The lowest BCUT2D eigenvalue weighted by molar-refractivity contribution is -0.118. The van der Waals surface area contributed by atoms with E-state index in [1.807, 2.05) is 0 Å². The number of halogens is 2. The van der Waals surface area contributed by atoms with Crippen LogP contribution in [0.1, 0.15) is 18.9 Å². The number of ether oxygens (including phenoxy) is 1.